The van der Waals surface area contributed by atoms with Gasteiger partial charge in [0, 0.05) is 34.6 Å². The SMILES string of the molecule is Nc1c(S(=O)(=O)O)cc(NC2=CC=C(S(=O)(=O)O)CC(Nc3nc(Cl)nc(Nc4ccccc4)n3)=C2)c2c1C(=O)c1ccccc1C2=O. The smallest absolute Gasteiger partial charge is 0.296 e. The maximum Gasteiger partial charge on any atom is 0.296 e. The lowest BCUT2D eigenvalue weighted by Crippen LogP contribution is -2.25. The Hall–Kier alpha value is -5.46. The fourth-order valence-electron chi connectivity index (χ4n) is 5.07. The third-order valence-corrected chi connectivity index (χ3v) is 9.15. The fourth-order valence-corrected chi connectivity index (χ4v) is 6.45. The Kier molecular flexibility index (Phi) is 8.31. The molecule has 0 saturated heterocycles. The Morgan fingerprint density at radius 1 is 0.750 bits per heavy atom. The van der Waals surface area contributed by atoms with E-state index in [1.54, 1.807) is 30.3 Å². The first-order chi connectivity index (χ1) is 22.7. The van der Waals surface area contributed by atoms with E-state index in [2.05, 4.69) is 30.9 Å². The van der Waals surface area contributed by atoms with E-state index in [-0.39, 0.29) is 51.0 Å². The van der Waals surface area contributed by atoms with Crippen LogP contribution in [0.5, 0.6) is 0 Å². The maximum atomic E-state index is 13.7. The number of allylic oxidation sites excluding steroid dienone is 4. The van der Waals surface area contributed by atoms with E-state index in [0.29, 0.717) is 5.69 Å². The topological polar surface area (TPSA) is 244 Å². The number of halogens is 1. The van der Waals surface area contributed by atoms with Gasteiger partial charge >= 0.3 is 0 Å². The summed E-state index contributed by atoms with van der Waals surface area (Å²) in [7, 11) is -9.74. The van der Waals surface area contributed by atoms with Crippen molar-refractivity contribution >= 4 is 72.4 Å². The highest BCUT2D eigenvalue weighted by Gasteiger charge is 2.36. The Balaban J connectivity index is 1.44. The minimum absolute atomic E-state index is 0.0157. The van der Waals surface area contributed by atoms with E-state index in [0.717, 1.165) is 12.1 Å². The van der Waals surface area contributed by atoms with Gasteiger partial charge in [-0.3, -0.25) is 18.7 Å². The van der Waals surface area contributed by atoms with Crippen LogP contribution in [0.2, 0.25) is 5.28 Å². The number of nitrogens with two attached hydrogens (primary N) is 1. The quantitative estimate of drug-likeness (QED) is 0.0970. The standard InChI is InChI=1S/C30H22ClN7O8S2/c31-28-36-29(34-15-6-2-1-3-7-15)38-30(37-28)35-17-12-16(10-11-18(13-17)47(41,42)43)33-21-14-22(48(44,45)46)25(32)24-23(21)26(39)19-8-4-5-9-20(19)27(24)40/h1-12,14,33H,13,32H2,(H,41,42,43)(H,44,45,46)(H2,34,35,36,37,38). The number of carbonyl (C=O) groups is 2. The second-order valence-corrected chi connectivity index (χ2v) is 13.5. The Labute approximate surface area is 277 Å². The van der Waals surface area contributed by atoms with E-state index in [4.69, 9.17) is 17.3 Å². The molecule has 0 bridgehead atoms. The Morgan fingerprint density at radius 2 is 1.35 bits per heavy atom. The lowest BCUT2D eigenvalue weighted by molar-refractivity contribution is 0.0980. The summed E-state index contributed by atoms with van der Waals surface area (Å²) in [6, 6.07) is 15.6. The number of ketones is 2. The average molecular weight is 708 g/mol. The van der Waals surface area contributed by atoms with Gasteiger partial charge in [0.05, 0.1) is 27.4 Å². The van der Waals surface area contributed by atoms with Gasteiger partial charge < -0.3 is 21.7 Å². The van der Waals surface area contributed by atoms with Crippen molar-refractivity contribution in [3.05, 3.63) is 123 Å². The van der Waals surface area contributed by atoms with Gasteiger partial charge in [-0.2, -0.15) is 31.8 Å². The summed E-state index contributed by atoms with van der Waals surface area (Å²) in [6.45, 7) is 0. The lowest BCUT2D eigenvalue weighted by atomic mass is 9.82. The van der Waals surface area contributed by atoms with Crippen LogP contribution in [0.25, 0.3) is 0 Å². The van der Waals surface area contributed by atoms with Gasteiger partial charge in [0.25, 0.3) is 20.2 Å². The normalized spacial score (nSPS) is 14.5. The molecular formula is C30H22ClN7O8S2. The van der Waals surface area contributed by atoms with Gasteiger partial charge in [0.1, 0.15) is 4.90 Å². The predicted octanol–water partition coefficient (Wildman–Crippen LogP) is 4.34. The molecule has 48 heavy (non-hydrogen) atoms. The third-order valence-electron chi connectivity index (χ3n) is 7.14. The fraction of sp³-hybridized carbons (Fsp3) is 0.0333. The number of benzene rings is 3. The summed E-state index contributed by atoms with van der Waals surface area (Å²) in [6.07, 6.45) is 3.24. The minimum Gasteiger partial charge on any atom is -0.397 e. The van der Waals surface area contributed by atoms with Crippen LogP contribution in [0.15, 0.2) is 100 Å². The molecule has 1 aromatic heterocycles. The highest BCUT2D eigenvalue weighted by atomic mass is 35.5. The van der Waals surface area contributed by atoms with Gasteiger partial charge in [-0.15, -0.1) is 0 Å². The zero-order valence-electron chi connectivity index (χ0n) is 24.2. The van der Waals surface area contributed by atoms with Crippen molar-refractivity contribution in [3.8, 4) is 0 Å². The van der Waals surface area contributed by atoms with Gasteiger partial charge in [-0.25, -0.2) is 0 Å². The number of hydrogen-bond acceptors (Lipinski definition) is 13. The van der Waals surface area contributed by atoms with Crippen LogP contribution in [0.4, 0.5) is 29.0 Å². The summed E-state index contributed by atoms with van der Waals surface area (Å²) in [5, 5.41) is 8.43. The van der Waals surface area contributed by atoms with Gasteiger partial charge in [-0.05, 0) is 48.0 Å². The predicted molar refractivity (Wildman–Crippen MR) is 176 cm³/mol. The molecule has 2 aliphatic carbocycles. The van der Waals surface area contributed by atoms with E-state index in [1.807, 2.05) is 6.07 Å². The molecule has 6 rings (SSSR count). The van der Waals surface area contributed by atoms with Crippen molar-refractivity contribution < 1.29 is 35.5 Å². The van der Waals surface area contributed by atoms with Crippen LogP contribution in [0, 0.1) is 0 Å². The van der Waals surface area contributed by atoms with Crippen molar-refractivity contribution in [2.75, 3.05) is 21.7 Å². The average Bonchev–Trinajstić information content (AvgIpc) is 3.22. The Morgan fingerprint density at radius 3 is 1.98 bits per heavy atom. The first kappa shape index (κ1) is 32.5. The second-order valence-electron chi connectivity index (χ2n) is 10.3. The number of anilines is 5. The van der Waals surface area contributed by atoms with Gasteiger partial charge in [0.15, 0.2) is 11.6 Å². The zero-order valence-corrected chi connectivity index (χ0v) is 26.6. The van der Waals surface area contributed by atoms with Crippen molar-refractivity contribution in [2.45, 2.75) is 11.3 Å². The van der Waals surface area contributed by atoms with Gasteiger partial charge in [0.2, 0.25) is 17.2 Å². The molecule has 0 radical (unpaired) electrons. The zero-order chi connectivity index (χ0) is 34.4. The monoisotopic (exact) mass is 707 g/mol. The van der Waals surface area contributed by atoms with Crippen LogP contribution in [0.3, 0.4) is 0 Å². The number of hydrogen-bond donors (Lipinski definition) is 6. The molecule has 0 spiro atoms. The molecule has 1 heterocycles. The summed E-state index contributed by atoms with van der Waals surface area (Å²) < 4.78 is 68.9. The third kappa shape index (κ3) is 6.53. The molecule has 7 N–H and O–H groups in total. The van der Waals surface area contributed by atoms with Crippen LogP contribution in [0.1, 0.15) is 38.3 Å². The maximum absolute atomic E-state index is 13.7. The first-order valence-electron chi connectivity index (χ1n) is 13.7. The number of nitrogens with one attached hydrogen (secondary N) is 3. The number of fused-ring (bicyclic) bond motifs is 2. The van der Waals surface area contributed by atoms with Crippen molar-refractivity contribution in [3.63, 3.8) is 0 Å². The first-order valence-corrected chi connectivity index (χ1v) is 16.9. The van der Waals surface area contributed by atoms with E-state index in [1.165, 1.54) is 30.4 Å². The number of aromatic nitrogens is 3. The molecule has 244 valence electrons. The summed E-state index contributed by atoms with van der Waals surface area (Å²) >= 11 is 6.12. The summed E-state index contributed by atoms with van der Waals surface area (Å²) in [5.74, 6) is -1.49. The lowest BCUT2D eigenvalue weighted by Gasteiger charge is -2.24. The largest absolute Gasteiger partial charge is 0.397 e. The molecule has 3 aromatic carbocycles. The van der Waals surface area contributed by atoms with Crippen LogP contribution in [-0.2, 0) is 20.2 Å². The molecule has 0 unspecified atom stereocenters. The molecule has 15 nitrogen and oxygen atoms in total. The van der Waals surface area contributed by atoms with Crippen LogP contribution in [-0.4, -0.2) is 52.5 Å². The minimum atomic E-state index is -5.01. The molecule has 0 fully saturated rings. The van der Waals surface area contributed by atoms with E-state index in [9.17, 15) is 35.5 Å². The highest BCUT2D eigenvalue weighted by Crippen LogP contribution is 2.40. The number of rotatable bonds is 8. The van der Waals surface area contributed by atoms with Crippen molar-refractivity contribution in [1.82, 2.24) is 15.0 Å². The van der Waals surface area contributed by atoms with Crippen molar-refractivity contribution in [1.29, 1.82) is 0 Å². The van der Waals surface area contributed by atoms with Gasteiger partial charge in [-0.1, -0.05) is 42.5 Å². The number of nitrogen functional groups attached to an aromatic ring is 1. The molecule has 0 amide bonds. The molecule has 18 heteroatoms. The number of para-hydroxylation sites is 1. The number of nitrogens with zero attached hydrogens (tertiary/aromatic N) is 3. The molecule has 0 aliphatic heterocycles. The van der Waals surface area contributed by atoms with Crippen molar-refractivity contribution in [2.24, 2.45) is 0 Å². The summed E-state index contributed by atoms with van der Waals surface area (Å²) in [5.41, 5.74) is 5.23. The summed E-state index contributed by atoms with van der Waals surface area (Å²) in [4.78, 5) is 38.3. The number of carbonyl (C=O) groups excluding carboxylic acids is 2. The molecule has 2 aliphatic rings. The highest BCUT2D eigenvalue weighted by molar-refractivity contribution is 7.89. The van der Waals surface area contributed by atoms with Crippen LogP contribution < -0.4 is 21.7 Å². The van der Waals surface area contributed by atoms with E-state index < -0.39 is 59.3 Å². The molecular weight excluding hydrogens is 686 g/mol. The van der Waals surface area contributed by atoms with Crippen LogP contribution >= 0.6 is 11.6 Å². The molecule has 0 atom stereocenters. The molecule has 0 saturated carbocycles. The Bertz CT molecular complexity index is 2360. The molecule has 4 aromatic rings. The second kappa shape index (κ2) is 12.3. The van der Waals surface area contributed by atoms with E-state index >= 15 is 0 Å².